The molecule has 1 aliphatic rings. The average Bonchev–Trinajstić information content (AvgIpc) is 2.82. The lowest BCUT2D eigenvalue weighted by Crippen LogP contribution is -2.22. The monoisotopic (exact) mass is 197 g/mol. The second-order valence-corrected chi connectivity index (χ2v) is 4.53. The lowest BCUT2D eigenvalue weighted by Gasteiger charge is -2.01. The molecule has 2 unspecified atom stereocenters. The molecule has 0 aliphatic heterocycles. The van der Waals surface area contributed by atoms with Gasteiger partial charge in [-0.25, -0.2) is 0 Å². The van der Waals surface area contributed by atoms with Crippen LogP contribution in [0, 0.1) is 11.8 Å². The van der Waals surface area contributed by atoms with Crippen molar-refractivity contribution in [2.75, 3.05) is 0 Å². The summed E-state index contributed by atoms with van der Waals surface area (Å²) in [5, 5.41) is 10.3. The Morgan fingerprint density at radius 2 is 1.93 bits per heavy atom. The van der Waals surface area contributed by atoms with Crippen LogP contribution in [0.15, 0.2) is 0 Å². The van der Waals surface area contributed by atoms with Gasteiger partial charge in [-0.2, -0.15) is 0 Å². The molecule has 82 valence electrons. The predicted molar refractivity (Wildman–Crippen MR) is 54.6 cm³/mol. The largest absolute Gasteiger partial charge is 0.550 e. The Balaban J connectivity index is 1.88. The zero-order valence-electron chi connectivity index (χ0n) is 9.13. The number of hydrogen-bond acceptors (Lipinski definition) is 2. The van der Waals surface area contributed by atoms with E-state index in [1.165, 1.54) is 38.5 Å². The highest BCUT2D eigenvalue weighted by atomic mass is 16.4. The minimum Gasteiger partial charge on any atom is -0.550 e. The molecule has 0 amide bonds. The molecule has 1 aliphatic carbocycles. The van der Waals surface area contributed by atoms with E-state index in [1.54, 1.807) is 0 Å². The molecule has 1 rings (SSSR count). The first-order valence-corrected chi connectivity index (χ1v) is 5.94. The van der Waals surface area contributed by atoms with E-state index in [2.05, 4.69) is 6.92 Å². The summed E-state index contributed by atoms with van der Waals surface area (Å²) >= 11 is 0. The lowest BCUT2D eigenvalue weighted by molar-refractivity contribution is -0.306. The second kappa shape index (κ2) is 6.05. The van der Waals surface area contributed by atoms with Crippen molar-refractivity contribution in [3.8, 4) is 0 Å². The van der Waals surface area contributed by atoms with Crippen molar-refractivity contribution in [3.05, 3.63) is 0 Å². The first-order chi connectivity index (χ1) is 6.74. The SMILES string of the molecule is CCCCCCCC1CC1CC(=O)[O-]. The second-order valence-electron chi connectivity index (χ2n) is 4.53. The van der Waals surface area contributed by atoms with Crippen LogP contribution in [-0.4, -0.2) is 5.97 Å². The molecule has 0 bridgehead atoms. The van der Waals surface area contributed by atoms with Crippen LogP contribution in [-0.2, 0) is 4.79 Å². The Hall–Kier alpha value is -0.530. The van der Waals surface area contributed by atoms with Crippen molar-refractivity contribution in [1.82, 2.24) is 0 Å². The number of aliphatic carboxylic acids is 1. The zero-order chi connectivity index (χ0) is 10.4. The van der Waals surface area contributed by atoms with E-state index in [0.29, 0.717) is 18.3 Å². The summed E-state index contributed by atoms with van der Waals surface area (Å²) in [5.41, 5.74) is 0. The molecule has 2 atom stereocenters. The fourth-order valence-electron chi connectivity index (χ4n) is 2.14. The molecule has 0 radical (unpaired) electrons. The van der Waals surface area contributed by atoms with Gasteiger partial charge in [0, 0.05) is 5.97 Å². The Morgan fingerprint density at radius 3 is 2.57 bits per heavy atom. The Labute approximate surface area is 86.7 Å². The maximum atomic E-state index is 10.3. The highest BCUT2D eigenvalue weighted by molar-refractivity contribution is 5.65. The Morgan fingerprint density at radius 1 is 1.21 bits per heavy atom. The minimum atomic E-state index is -0.872. The fraction of sp³-hybridized carbons (Fsp3) is 0.917. The van der Waals surface area contributed by atoms with Crippen molar-refractivity contribution >= 4 is 5.97 Å². The number of carboxylic acids is 1. The number of unbranched alkanes of at least 4 members (excludes halogenated alkanes) is 4. The maximum absolute atomic E-state index is 10.3. The van der Waals surface area contributed by atoms with Gasteiger partial charge in [0.15, 0.2) is 0 Å². The molecule has 0 aromatic rings. The highest BCUT2D eigenvalue weighted by Crippen LogP contribution is 2.44. The van der Waals surface area contributed by atoms with Crippen LogP contribution >= 0.6 is 0 Å². The van der Waals surface area contributed by atoms with Crippen molar-refractivity contribution < 1.29 is 9.90 Å². The molecule has 0 aromatic heterocycles. The first kappa shape index (κ1) is 11.5. The van der Waals surface area contributed by atoms with Gasteiger partial charge >= 0.3 is 0 Å². The Kier molecular flexibility index (Phi) is 4.99. The number of carboxylic acid groups (broad SMARTS) is 1. The smallest absolute Gasteiger partial charge is 0.0417 e. The van der Waals surface area contributed by atoms with Gasteiger partial charge in [0.2, 0.25) is 0 Å². The number of hydrogen-bond donors (Lipinski definition) is 0. The molecular formula is C12H21O2-. The topological polar surface area (TPSA) is 40.1 Å². The van der Waals surface area contributed by atoms with Crippen LogP contribution in [0.3, 0.4) is 0 Å². The molecule has 0 N–H and O–H groups in total. The third kappa shape index (κ3) is 4.64. The lowest BCUT2D eigenvalue weighted by atomic mass is 10.1. The van der Waals surface area contributed by atoms with Crippen LogP contribution in [0.2, 0.25) is 0 Å². The van der Waals surface area contributed by atoms with E-state index in [4.69, 9.17) is 0 Å². The van der Waals surface area contributed by atoms with Gasteiger partial charge in [-0.15, -0.1) is 0 Å². The van der Waals surface area contributed by atoms with Gasteiger partial charge in [0.25, 0.3) is 0 Å². The van der Waals surface area contributed by atoms with E-state index in [0.717, 1.165) is 6.42 Å². The maximum Gasteiger partial charge on any atom is 0.0417 e. The van der Waals surface area contributed by atoms with Gasteiger partial charge < -0.3 is 9.90 Å². The van der Waals surface area contributed by atoms with Crippen LogP contribution in [0.5, 0.6) is 0 Å². The molecular weight excluding hydrogens is 176 g/mol. The normalized spacial score (nSPS) is 24.9. The van der Waals surface area contributed by atoms with Gasteiger partial charge in [0.05, 0.1) is 0 Å². The van der Waals surface area contributed by atoms with Crippen LogP contribution in [0.4, 0.5) is 0 Å². The molecule has 0 spiro atoms. The fourth-order valence-corrected chi connectivity index (χ4v) is 2.14. The molecule has 1 fully saturated rings. The first-order valence-electron chi connectivity index (χ1n) is 5.94. The van der Waals surface area contributed by atoms with Gasteiger partial charge in [0.1, 0.15) is 0 Å². The number of carbonyl (C=O) groups excluding carboxylic acids is 1. The van der Waals surface area contributed by atoms with E-state index in [9.17, 15) is 9.90 Å². The van der Waals surface area contributed by atoms with E-state index >= 15 is 0 Å². The van der Waals surface area contributed by atoms with Crippen molar-refractivity contribution in [2.24, 2.45) is 11.8 Å². The molecule has 14 heavy (non-hydrogen) atoms. The quantitative estimate of drug-likeness (QED) is 0.559. The zero-order valence-corrected chi connectivity index (χ0v) is 9.13. The predicted octanol–water partition coefficient (Wildman–Crippen LogP) is 2.12. The summed E-state index contributed by atoms with van der Waals surface area (Å²) in [6.45, 7) is 2.22. The minimum absolute atomic E-state index is 0.291. The molecule has 1 saturated carbocycles. The van der Waals surface area contributed by atoms with E-state index in [1.807, 2.05) is 0 Å². The number of carbonyl (C=O) groups is 1. The molecule has 0 saturated heterocycles. The summed E-state index contributed by atoms with van der Waals surface area (Å²) in [5.74, 6) is 0.282. The van der Waals surface area contributed by atoms with Crippen molar-refractivity contribution in [1.29, 1.82) is 0 Å². The van der Waals surface area contributed by atoms with Gasteiger partial charge in [-0.1, -0.05) is 45.4 Å². The van der Waals surface area contributed by atoms with Gasteiger partial charge in [-0.05, 0) is 24.7 Å². The van der Waals surface area contributed by atoms with E-state index < -0.39 is 5.97 Å². The van der Waals surface area contributed by atoms with E-state index in [-0.39, 0.29) is 0 Å². The van der Waals surface area contributed by atoms with Crippen molar-refractivity contribution in [3.63, 3.8) is 0 Å². The molecule has 0 aromatic carbocycles. The van der Waals surface area contributed by atoms with Gasteiger partial charge in [-0.3, -0.25) is 0 Å². The Bertz CT molecular complexity index is 177. The molecule has 2 heteroatoms. The standard InChI is InChI=1S/C12H22O2/c1-2-3-4-5-6-7-10-8-11(10)9-12(13)14/h10-11H,2-9H2,1H3,(H,13,14)/p-1. The summed E-state index contributed by atoms with van der Waals surface area (Å²) in [7, 11) is 0. The van der Waals surface area contributed by atoms with Crippen LogP contribution < -0.4 is 5.11 Å². The summed E-state index contributed by atoms with van der Waals surface area (Å²) in [6, 6.07) is 0. The number of rotatable bonds is 8. The average molecular weight is 197 g/mol. The van der Waals surface area contributed by atoms with Crippen LogP contribution in [0.1, 0.15) is 58.3 Å². The highest BCUT2D eigenvalue weighted by Gasteiger charge is 2.35. The third-order valence-corrected chi connectivity index (χ3v) is 3.18. The third-order valence-electron chi connectivity index (χ3n) is 3.18. The summed E-state index contributed by atoms with van der Waals surface area (Å²) < 4.78 is 0. The van der Waals surface area contributed by atoms with Crippen molar-refractivity contribution in [2.45, 2.75) is 58.3 Å². The molecule has 2 nitrogen and oxygen atoms in total. The van der Waals surface area contributed by atoms with Crippen LogP contribution in [0.25, 0.3) is 0 Å². The molecule has 0 heterocycles. The summed E-state index contributed by atoms with van der Waals surface area (Å²) in [4.78, 5) is 10.3. The summed E-state index contributed by atoms with van der Waals surface area (Å²) in [6.07, 6.45) is 9.23.